The molecule has 4 nitrogen and oxygen atoms in total. The molecule has 0 saturated heterocycles. The molecule has 118 valence electrons. The first-order chi connectivity index (χ1) is 11.0. The maximum atomic E-state index is 12.6. The van der Waals surface area contributed by atoms with Crippen molar-refractivity contribution >= 4 is 10.0 Å². The summed E-state index contributed by atoms with van der Waals surface area (Å²) >= 11 is 0. The molecule has 23 heavy (non-hydrogen) atoms. The maximum absolute atomic E-state index is 12.6. The van der Waals surface area contributed by atoms with E-state index < -0.39 is 10.0 Å². The number of benzene rings is 2. The molecule has 1 atom stereocenters. The molecule has 0 aliphatic heterocycles. The first kappa shape index (κ1) is 15.7. The number of nitrogens with zero attached hydrogens (tertiary/aromatic N) is 1. The van der Waals surface area contributed by atoms with Gasteiger partial charge in [0.2, 0.25) is 10.0 Å². The van der Waals surface area contributed by atoms with Crippen molar-refractivity contribution in [2.45, 2.75) is 30.7 Å². The van der Waals surface area contributed by atoms with Crippen LogP contribution in [0, 0.1) is 24.2 Å². The fourth-order valence-electron chi connectivity index (χ4n) is 2.58. The van der Waals surface area contributed by atoms with Gasteiger partial charge >= 0.3 is 0 Å². The molecular formula is C18H18N2O2S. The zero-order chi connectivity index (χ0) is 16.4. The summed E-state index contributed by atoms with van der Waals surface area (Å²) in [7, 11) is -3.61. The Morgan fingerprint density at radius 1 is 1.09 bits per heavy atom. The molecule has 0 amide bonds. The molecular weight excluding hydrogens is 308 g/mol. The van der Waals surface area contributed by atoms with Gasteiger partial charge in [0, 0.05) is 6.04 Å². The van der Waals surface area contributed by atoms with E-state index in [1.807, 2.05) is 37.3 Å². The number of nitrogens with one attached hydrogen (secondary N) is 1. The van der Waals surface area contributed by atoms with Crippen LogP contribution in [0.25, 0.3) is 0 Å². The first-order valence-corrected chi connectivity index (χ1v) is 9.07. The van der Waals surface area contributed by atoms with E-state index in [1.165, 1.54) is 24.3 Å². The van der Waals surface area contributed by atoms with Gasteiger partial charge in [0.25, 0.3) is 0 Å². The van der Waals surface area contributed by atoms with Crippen LogP contribution >= 0.6 is 0 Å². The minimum Gasteiger partial charge on any atom is -0.207 e. The van der Waals surface area contributed by atoms with Crippen molar-refractivity contribution in [2.24, 2.45) is 5.92 Å². The third kappa shape index (κ3) is 3.61. The van der Waals surface area contributed by atoms with Gasteiger partial charge in [-0.05, 0) is 55.5 Å². The highest BCUT2D eigenvalue weighted by molar-refractivity contribution is 7.89. The molecule has 0 unspecified atom stereocenters. The molecule has 1 aliphatic rings. The normalized spacial score (nSPS) is 15.8. The number of rotatable bonds is 5. The van der Waals surface area contributed by atoms with Crippen molar-refractivity contribution in [2.75, 3.05) is 0 Å². The van der Waals surface area contributed by atoms with Crippen molar-refractivity contribution in [1.29, 1.82) is 5.26 Å². The molecule has 1 N–H and O–H groups in total. The Balaban J connectivity index is 1.87. The average molecular weight is 326 g/mol. The molecule has 3 rings (SSSR count). The van der Waals surface area contributed by atoms with Gasteiger partial charge in [-0.2, -0.15) is 5.26 Å². The Bertz CT molecular complexity index is 830. The smallest absolute Gasteiger partial charge is 0.207 e. The van der Waals surface area contributed by atoms with Crippen LogP contribution in [0.4, 0.5) is 0 Å². The van der Waals surface area contributed by atoms with Crippen LogP contribution in [0.3, 0.4) is 0 Å². The number of nitriles is 1. The monoisotopic (exact) mass is 326 g/mol. The van der Waals surface area contributed by atoms with E-state index in [0.717, 1.165) is 24.0 Å². The van der Waals surface area contributed by atoms with E-state index in [1.54, 1.807) is 0 Å². The Morgan fingerprint density at radius 3 is 2.22 bits per heavy atom. The van der Waals surface area contributed by atoms with Gasteiger partial charge in [-0.1, -0.05) is 29.8 Å². The predicted octanol–water partition coefficient (Wildman–Crippen LogP) is 3.30. The molecule has 5 heteroatoms. The van der Waals surface area contributed by atoms with Crippen molar-refractivity contribution in [3.8, 4) is 6.07 Å². The van der Waals surface area contributed by atoms with E-state index in [2.05, 4.69) is 4.72 Å². The van der Waals surface area contributed by atoms with Gasteiger partial charge in [-0.3, -0.25) is 0 Å². The minimum absolute atomic E-state index is 0.189. The second kappa shape index (κ2) is 6.15. The molecule has 2 aromatic rings. The highest BCUT2D eigenvalue weighted by Gasteiger charge is 2.35. The second-order valence-electron chi connectivity index (χ2n) is 5.98. The second-order valence-corrected chi connectivity index (χ2v) is 7.70. The molecule has 0 aromatic heterocycles. The Hall–Kier alpha value is -2.16. The molecule has 1 aliphatic carbocycles. The SMILES string of the molecule is Cc1ccc([C@@H](NS(=O)(=O)c2ccc(C#N)cc2)C2CC2)cc1. The first-order valence-electron chi connectivity index (χ1n) is 7.59. The Kier molecular flexibility index (Phi) is 4.20. The van der Waals surface area contributed by atoms with E-state index in [0.29, 0.717) is 11.5 Å². The third-order valence-electron chi connectivity index (χ3n) is 4.11. The summed E-state index contributed by atoms with van der Waals surface area (Å²) in [4.78, 5) is 0.189. The molecule has 0 radical (unpaired) electrons. The molecule has 2 aromatic carbocycles. The van der Waals surface area contributed by atoms with Crippen molar-refractivity contribution in [1.82, 2.24) is 4.72 Å². The summed E-state index contributed by atoms with van der Waals surface area (Å²) in [5, 5.41) is 8.81. The van der Waals surface area contributed by atoms with Crippen LogP contribution in [-0.4, -0.2) is 8.42 Å². The summed E-state index contributed by atoms with van der Waals surface area (Å²) in [5.74, 6) is 0.353. The zero-order valence-corrected chi connectivity index (χ0v) is 13.7. The van der Waals surface area contributed by atoms with Crippen molar-refractivity contribution in [3.05, 3.63) is 65.2 Å². The lowest BCUT2D eigenvalue weighted by atomic mass is 10.0. The van der Waals surface area contributed by atoms with Gasteiger partial charge in [-0.15, -0.1) is 0 Å². The van der Waals surface area contributed by atoms with Crippen LogP contribution in [0.2, 0.25) is 0 Å². The number of hydrogen-bond acceptors (Lipinski definition) is 3. The summed E-state index contributed by atoms with van der Waals surface area (Å²) in [5.41, 5.74) is 2.59. The zero-order valence-electron chi connectivity index (χ0n) is 12.9. The van der Waals surface area contributed by atoms with Crippen LogP contribution in [0.5, 0.6) is 0 Å². The van der Waals surface area contributed by atoms with Crippen molar-refractivity contribution < 1.29 is 8.42 Å². The fourth-order valence-corrected chi connectivity index (χ4v) is 3.88. The van der Waals surface area contributed by atoms with Gasteiger partial charge in [-0.25, -0.2) is 13.1 Å². The Labute approximate surface area is 136 Å². The third-order valence-corrected chi connectivity index (χ3v) is 5.56. The summed E-state index contributed by atoms with van der Waals surface area (Å²) in [6.07, 6.45) is 2.07. The summed E-state index contributed by atoms with van der Waals surface area (Å²) < 4.78 is 28.1. The van der Waals surface area contributed by atoms with Gasteiger partial charge in [0.1, 0.15) is 0 Å². The maximum Gasteiger partial charge on any atom is 0.241 e. The molecule has 0 bridgehead atoms. The standard InChI is InChI=1S/C18H18N2O2S/c1-13-2-6-15(7-3-13)18(16-8-9-16)20-23(21,22)17-10-4-14(12-19)5-11-17/h2-7,10-11,16,18,20H,8-9H2,1H3/t18-/m1/s1. The van der Waals surface area contributed by atoms with Crippen LogP contribution in [-0.2, 0) is 10.0 Å². The van der Waals surface area contributed by atoms with Crippen LogP contribution < -0.4 is 4.72 Å². The lowest BCUT2D eigenvalue weighted by Gasteiger charge is -2.19. The van der Waals surface area contributed by atoms with E-state index in [9.17, 15) is 8.42 Å². The van der Waals surface area contributed by atoms with E-state index in [4.69, 9.17) is 5.26 Å². The lowest BCUT2D eigenvalue weighted by Crippen LogP contribution is -2.30. The topological polar surface area (TPSA) is 70.0 Å². The predicted molar refractivity (Wildman–Crippen MR) is 88.1 cm³/mol. The summed E-state index contributed by atoms with van der Waals surface area (Å²) in [6, 6.07) is 15.8. The quantitative estimate of drug-likeness (QED) is 0.916. The van der Waals surface area contributed by atoms with Crippen LogP contribution in [0.1, 0.15) is 35.6 Å². The highest BCUT2D eigenvalue weighted by atomic mass is 32.2. The molecule has 0 spiro atoms. The molecule has 1 fully saturated rings. The minimum atomic E-state index is -3.61. The van der Waals surface area contributed by atoms with Gasteiger partial charge in [0.15, 0.2) is 0 Å². The number of sulfonamides is 1. The molecule has 0 heterocycles. The van der Waals surface area contributed by atoms with Crippen molar-refractivity contribution in [3.63, 3.8) is 0 Å². The lowest BCUT2D eigenvalue weighted by molar-refractivity contribution is 0.529. The van der Waals surface area contributed by atoms with E-state index >= 15 is 0 Å². The van der Waals surface area contributed by atoms with E-state index in [-0.39, 0.29) is 10.9 Å². The number of aryl methyl sites for hydroxylation is 1. The number of hydrogen-bond donors (Lipinski definition) is 1. The van der Waals surface area contributed by atoms with Gasteiger partial charge in [0.05, 0.1) is 16.5 Å². The largest absolute Gasteiger partial charge is 0.241 e. The highest BCUT2D eigenvalue weighted by Crippen LogP contribution is 2.41. The van der Waals surface area contributed by atoms with Gasteiger partial charge < -0.3 is 0 Å². The summed E-state index contributed by atoms with van der Waals surface area (Å²) in [6.45, 7) is 2.01. The Morgan fingerprint density at radius 2 is 1.70 bits per heavy atom. The average Bonchev–Trinajstić information content (AvgIpc) is 3.38. The fraction of sp³-hybridized carbons (Fsp3) is 0.278. The molecule has 1 saturated carbocycles. The van der Waals surface area contributed by atoms with Crippen LogP contribution in [0.15, 0.2) is 53.4 Å².